The molecule has 0 aliphatic rings. The van der Waals surface area contributed by atoms with E-state index < -0.39 is 8.11 Å². The Hall–Kier alpha value is 0.507. The van der Waals surface area contributed by atoms with E-state index in [4.69, 9.17) is 11.1 Å². The molecule has 0 atom stereocenters. The molecule has 0 aromatic carbocycles. The van der Waals surface area contributed by atoms with Crippen molar-refractivity contribution in [1.29, 1.82) is 0 Å². The zero-order valence-corrected chi connectivity index (χ0v) is 7.46. The normalized spacial score (nSPS) is 10.5. The third kappa shape index (κ3) is 6.51. The number of hydrogen-bond donors (Lipinski definition) is 0. The highest BCUT2D eigenvalue weighted by molar-refractivity contribution is 7.06. The summed E-state index contributed by atoms with van der Waals surface area (Å²) in [5, 5.41) is 0. The van der Waals surface area contributed by atoms with Crippen LogP contribution in [0.25, 0.3) is 0 Å². The number of unbranched alkanes of at least 4 members (excludes halogenated alkanes) is 2. The third-order valence-corrected chi connectivity index (χ3v) is 2.73. The topological polar surface area (TPSA) is 0 Å². The van der Waals surface area contributed by atoms with Gasteiger partial charge in [-0.1, -0.05) is 32.7 Å². The molecule has 0 saturated carbocycles. The van der Waals surface area contributed by atoms with Gasteiger partial charge in [0, 0.05) is 0 Å². The van der Waals surface area contributed by atoms with E-state index in [-0.39, 0.29) is 0 Å². The maximum atomic E-state index is 5.82. The van der Waals surface area contributed by atoms with Crippen LogP contribution in [0, 0.1) is 0 Å². The number of rotatable bonds is 4. The largest absolute Gasteiger partial charge is 0.169 e. The second-order valence-corrected chi connectivity index (χ2v) is 5.92. The molecule has 0 spiro atoms. The molecule has 0 nitrogen and oxygen atoms in total. The highest BCUT2D eigenvalue weighted by atomic mass is 35.6. The van der Waals surface area contributed by atoms with Crippen molar-refractivity contribution in [3.8, 4) is 0 Å². The van der Waals surface area contributed by atoms with Crippen molar-refractivity contribution in [3.05, 3.63) is 0 Å². The van der Waals surface area contributed by atoms with Crippen LogP contribution in [-0.2, 0) is 0 Å². The van der Waals surface area contributed by atoms with Crippen LogP contribution in [0.5, 0.6) is 0 Å². The lowest BCUT2D eigenvalue weighted by molar-refractivity contribution is 0.768. The van der Waals surface area contributed by atoms with Gasteiger partial charge >= 0.3 is 0 Å². The Morgan fingerprint density at radius 1 is 1.38 bits per heavy atom. The summed E-state index contributed by atoms with van der Waals surface area (Å²) in [6.07, 6.45) is 4.01. The molecule has 0 unspecified atom stereocenters. The van der Waals surface area contributed by atoms with Gasteiger partial charge in [0.15, 0.2) is 8.11 Å². The maximum absolute atomic E-state index is 5.82. The van der Waals surface area contributed by atoms with E-state index in [0.29, 0.717) is 0 Å². The molecule has 1 radical (unpaired) electrons. The molecule has 0 saturated heterocycles. The number of hydrogen-bond acceptors (Lipinski definition) is 0. The van der Waals surface area contributed by atoms with Crippen molar-refractivity contribution in [2.75, 3.05) is 0 Å². The molecule has 49 valence electrons. The van der Waals surface area contributed by atoms with Gasteiger partial charge in [0.2, 0.25) is 0 Å². The molecular weight excluding hydrogens is 136 g/mol. The Bertz CT molecular complexity index is 45.8. The highest BCUT2D eigenvalue weighted by Gasteiger charge is 1.96. The molecule has 0 heterocycles. The van der Waals surface area contributed by atoms with Crippen molar-refractivity contribution in [3.63, 3.8) is 0 Å². The summed E-state index contributed by atoms with van der Waals surface area (Å²) in [7, 11) is -0.435. The van der Waals surface area contributed by atoms with E-state index in [1.54, 1.807) is 0 Å². The molecule has 2 heteroatoms. The molecule has 0 fully saturated rings. The monoisotopic (exact) mass is 149 g/mol. The molecule has 0 aliphatic heterocycles. The Balaban J connectivity index is 2.72. The second-order valence-electron chi connectivity index (χ2n) is 2.13. The molecule has 0 aromatic heterocycles. The Labute approximate surface area is 58.6 Å². The average Bonchev–Trinajstić information content (AvgIpc) is 1.66. The fourth-order valence-electron chi connectivity index (χ4n) is 0.619. The summed E-state index contributed by atoms with van der Waals surface area (Å²) < 4.78 is 0. The van der Waals surface area contributed by atoms with Crippen LogP contribution in [0.1, 0.15) is 26.2 Å². The molecule has 0 N–H and O–H groups in total. The molecular formula is C6H14ClSi. The van der Waals surface area contributed by atoms with E-state index in [1.165, 1.54) is 25.3 Å². The van der Waals surface area contributed by atoms with E-state index in [2.05, 4.69) is 13.5 Å². The first kappa shape index (κ1) is 8.51. The van der Waals surface area contributed by atoms with E-state index >= 15 is 0 Å². The van der Waals surface area contributed by atoms with Gasteiger partial charge < -0.3 is 0 Å². The van der Waals surface area contributed by atoms with Crippen LogP contribution in [0.3, 0.4) is 0 Å². The fourth-order valence-corrected chi connectivity index (χ4v) is 1.76. The first-order valence-electron chi connectivity index (χ1n) is 3.25. The lowest BCUT2D eigenvalue weighted by atomic mass is 10.3. The zero-order chi connectivity index (χ0) is 6.41. The summed E-state index contributed by atoms with van der Waals surface area (Å²) in [5.74, 6) is 0. The van der Waals surface area contributed by atoms with Gasteiger partial charge in [-0.2, -0.15) is 11.1 Å². The first-order valence-corrected chi connectivity index (χ1v) is 6.47. The molecule has 0 aromatic rings. The lowest BCUT2D eigenvalue weighted by Gasteiger charge is -1.96. The number of halogens is 1. The van der Waals surface area contributed by atoms with E-state index in [0.717, 1.165) is 0 Å². The van der Waals surface area contributed by atoms with Crippen molar-refractivity contribution in [2.24, 2.45) is 0 Å². The minimum absolute atomic E-state index is 0.435. The van der Waals surface area contributed by atoms with Gasteiger partial charge in [0.05, 0.1) is 0 Å². The van der Waals surface area contributed by atoms with Crippen LogP contribution in [-0.4, -0.2) is 8.11 Å². The summed E-state index contributed by atoms with van der Waals surface area (Å²) in [5.41, 5.74) is 0. The van der Waals surface area contributed by atoms with Crippen LogP contribution in [0.15, 0.2) is 0 Å². The standard InChI is InChI=1S/C6H14ClSi/c1-3-4-5-6-8(2)7/h3-6H2,1-2H3. The molecule has 8 heavy (non-hydrogen) atoms. The van der Waals surface area contributed by atoms with Crippen molar-refractivity contribution in [1.82, 2.24) is 0 Å². The summed E-state index contributed by atoms with van der Waals surface area (Å²) in [6.45, 7) is 4.37. The van der Waals surface area contributed by atoms with Crippen molar-refractivity contribution < 1.29 is 0 Å². The predicted molar refractivity (Wildman–Crippen MR) is 41.8 cm³/mol. The Kier molecular flexibility index (Phi) is 6.00. The zero-order valence-electron chi connectivity index (χ0n) is 5.71. The third-order valence-electron chi connectivity index (χ3n) is 1.12. The fraction of sp³-hybridized carbons (Fsp3) is 1.00. The lowest BCUT2D eigenvalue weighted by Crippen LogP contribution is -1.93. The molecule has 0 bridgehead atoms. The smallest absolute Gasteiger partial charge is 0.162 e. The van der Waals surface area contributed by atoms with Gasteiger partial charge in [0.1, 0.15) is 0 Å². The van der Waals surface area contributed by atoms with Crippen LogP contribution in [0.4, 0.5) is 0 Å². The molecule has 0 rings (SSSR count). The van der Waals surface area contributed by atoms with Gasteiger partial charge in [0.25, 0.3) is 0 Å². The minimum Gasteiger partial charge on any atom is -0.169 e. The summed E-state index contributed by atoms with van der Waals surface area (Å²) >= 11 is 5.82. The van der Waals surface area contributed by atoms with Crippen molar-refractivity contribution in [2.45, 2.75) is 38.8 Å². The first-order chi connectivity index (χ1) is 3.77. The summed E-state index contributed by atoms with van der Waals surface area (Å²) in [4.78, 5) is 0. The summed E-state index contributed by atoms with van der Waals surface area (Å²) in [6, 6.07) is 1.28. The van der Waals surface area contributed by atoms with Crippen LogP contribution < -0.4 is 0 Å². The van der Waals surface area contributed by atoms with Gasteiger partial charge in [-0.3, -0.25) is 0 Å². The van der Waals surface area contributed by atoms with Gasteiger partial charge in [-0.15, -0.1) is 0 Å². The average molecular weight is 150 g/mol. The SMILES string of the molecule is CCCCC[Si](C)Cl. The quantitative estimate of drug-likeness (QED) is 0.328. The minimum atomic E-state index is -0.435. The van der Waals surface area contributed by atoms with E-state index in [9.17, 15) is 0 Å². The van der Waals surface area contributed by atoms with Gasteiger partial charge in [-0.25, -0.2) is 0 Å². The molecule has 0 aliphatic carbocycles. The Morgan fingerprint density at radius 3 is 2.38 bits per heavy atom. The highest BCUT2D eigenvalue weighted by Crippen LogP contribution is 2.05. The predicted octanol–water partition coefficient (Wildman–Crippen LogP) is 3.04. The van der Waals surface area contributed by atoms with Gasteiger partial charge in [-0.05, 0) is 6.04 Å². The Morgan fingerprint density at radius 2 is 2.00 bits per heavy atom. The maximum Gasteiger partial charge on any atom is 0.162 e. The molecule has 0 amide bonds. The van der Waals surface area contributed by atoms with Crippen LogP contribution >= 0.6 is 11.1 Å². The van der Waals surface area contributed by atoms with E-state index in [1.807, 2.05) is 0 Å². The van der Waals surface area contributed by atoms with Crippen LogP contribution in [0.2, 0.25) is 12.6 Å². The second kappa shape index (κ2) is 5.64. The van der Waals surface area contributed by atoms with Crippen molar-refractivity contribution >= 4 is 19.2 Å².